The highest BCUT2D eigenvalue weighted by atomic mass is 32.2. The van der Waals surface area contributed by atoms with E-state index in [9.17, 15) is 18.0 Å². The molecule has 120 valence electrons. The van der Waals surface area contributed by atoms with Crippen molar-refractivity contribution >= 4 is 45.0 Å². The fraction of sp³-hybridized carbons (Fsp3) is 0.385. The van der Waals surface area contributed by atoms with Gasteiger partial charge in [-0.05, 0) is 18.2 Å². The van der Waals surface area contributed by atoms with Gasteiger partial charge in [-0.2, -0.15) is 11.8 Å². The highest BCUT2D eigenvalue weighted by molar-refractivity contribution is 7.99. The van der Waals surface area contributed by atoms with E-state index in [0.29, 0.717) is 29.3 Å². The van der Waals surface area contributed by atoms with E-state index in [1.54, 1.807) is 30.0 Å². The van der Waals surface area contributed by atoms with Crippen LogP contribution < -0.4 is 15.4 Å². The van der Waals surface area contributed by atoms with Crippen LogP contribution in [0, 0.1) is 0 Å². The Bertz CT molecular complexity index is 676. The van der Waals surface area contributed by atoms with Crippen LogP contribution in [0.5, 0.6) is 0 Å². The third-order valence-electron chi connectivity index (χ3n) is 2.84. The largest absolute Gasteiger partial charge is 0.343 e. The van der Waals surface area contributed by atoms with Gasteiger partial charge in [-0.1, -0.05) is 6.07 Å². The Kier molecular flexibility index (Phi) is 5.30. The Balaban J connectivity index is 2.04. The number of rotatable bonds is 4. The van der Waals surface area contributed by atoms with E-state index in [0.717, 1.165) is 6.26 Å². The van der Waals surface area contributed by atoms with E-state index in [1.807, 2.05) is 0 Å². The van der Waals surface area contributed by atoms with Gasteiger partial charge >= 0.3 is 0 Å². The van der Waals surface area contributed by atoms with E-state index in [4.69, 9.17) is 0 Å². The average molecular weight is 343 g/mol. The van der Waals surface area contributed by atoms with Crippen molar-refractivity contribution in [3.05, 3.63) is 24.3 Å². The highest BCUT2D eigenvalue weighted by Crippen LogP contribution is 2.17. The molecule has 1 fully saturated rings. The zero-order chi connectivity index (χ0) is 16.2. The second-order valence-corrected chi connectivity index (χ2v) is 7.79. The molecule has 22 heavy (non-hydrogen) atoms. The van der Waals surface area contributed by atoms with Crippen LogP contribution >= 0.6 is 11.8 Å². The van der Waals surface area contributed by atoms with Gasteiger partial charge in [-0.3, -0.25) is 14.3 Å². The van der Waals surface area contributed by atoms with Crippen LogP contribution in [-0.2, 0) is 19.6 Å². The SMILES string of the molecule is CS(=O)(=O)Nc1cccc(NC(=O)C2CSCCC(=O)N2)c1. The van der Waals surface area contributed by atoms with Crippen LogP contribution in [0.25, 0.3) is 0 Å². The van der Waals surface area contributed by atoms with Crippen molar-refractivity contribution in [2.24, 2.45) is 0 Å². The first kappa shape index (κ1) is 16.6. The van der Waals surface area contributed by atoms with Gasteiger partial charge in [-0.25, -0.2) is 8.42 Å². The molecule has 1 aliphatic rings. The molecule has 2 rings (SSSR count). The summed E-state index contributed by atoms with van der Waals surface area (Å²) < 4.78 is 24.8. The van der Waals surface area contributed by atoms with Crippen LogP contribution in [0.1, 0.15) is 6.42 Å². The number of carbonyl (C=O) groups is 2. The average Bonchev–Trinajstić information content (AvgIpc) is 2.62. The molecule has 0 aliphatic carbocycles. The lowest BCUT2D eigenvalue weighted by molar-refractivity contribution is -0.125. The molecule has 3 N–H and O–H groups in total. The molecule has 1 heterocycles. The molecule has 1 aliphatic heterocycles. The summed E-state index contributed by atoms with van der Waals surface area (Å²) in [4.78, 5) is 23.7. The zero-order valence-corrected chi connectivity index (χ0v) is 13.6. The minimum absolute atomic E-state index is 0.141. The predicted molar refractivity (Wildman–Crippen MR) is 87.4 cm³/mol. The van der Waals surface area contributed by atoms with Gasteiger partial charge < -0.3 is 10.6 Å². The quantitative estimate of drug-likeness (QED) is 0.743. The van der Waals surface area contributed by atoms with E-state index in [1.165, 1.54) is 6.07 Å². The number of nitrogens with one attached hydrogen (secondary N) is 3. The van der Waals surface area contributed by atoms with Crippen molar-refractivity contribution in [2.45, 2.75) is 12.5 Å². The number of sulfonamides is 1. The van der Waals surface area contributed by atoms with Crippen molar-refractivity contribution in [3.8, 4) is 0 Å². The van der Waals surface area contributed by atoms with Gasteiger partial charge in [0.15, 0.2) is 0 Å². The topological polar surface area (TPSA) is 104 Å². The molecule has 0 bridgehead atoms. The maximum absolute atomic E-state index is 12.2. The summed E-state index contributed by atoms with van der Waals surface area (Å²) in [5.74, 6) is 0.749. The van der Waals surface area contributed by atoms with Crippen molar-refractivity contribution in [2.75, 3.05) is 27.8 Å². The third kappa shape index (κ3) is 5.23. The molecule has 0 spiro atoms. The summed E-state index contributed by atoms with van der Waals surface area (Å²) in [5, 5.41) is 5.35. The van der Waals surface area contributed by atoms with Crippen LogP contribution in [0.15, 0.2) is 24.3 Å². The molecule has 9 heteroatoms. The number of thioether (sulfide) groups is 1. The van der Waals surface area contributed by atoms with Crippen LogP contribution in [0.3, 0.4) is 0 Å². The summed E-state index contributed by atoms with van der Waals surface area (Å²) in [6.45, 7) is 0. The Morgan fingerprint density at radius 3 is 2.82 bits per heavy atom. The highest BCUT2D eigenvalue weighted by Gasteiger charge is 2.23. The molecular weight excluding hydrogens is 326 g/mol. The van der Waals surface area contributed by atoms with E-state index in [2.05, 4.69) is 15.4 Å². The minimum atomic E-state index is -3.38. The van der Waals surface area contributed by atoms with E-state index >= 15 is 0 Å². The fourth-order valence-corrected chi connectivity index (χ4v) is 3.44. The van der Waals surface area contributed by atoms with Gasteiger partial charge in [0.05, 0.1) is 11.9 Å². The van der Waals surface area contributed by atoms with Crippen molar-refractivity contribution in [1.29, 1.82) is 0 Å². The van der Waals surface area contributed by atoms with Crippen molar-refractivity contribution < 1.29 is 18.0 Å². The lowest BCUT2D eigenvalue weighted by atomic mass is 10.2. The second kappa shape index (κ2) is 7.01. The molecule has 0 radical (unpaired) electrons. The Morgan fingerprint density at radius 2 is 2.09 bits per heavy atom. The molecule has 1 unspecified atom stereocenters. The smallest absolute Gasteiger partial charge is 0.247 e. The Morgan fingerprint density at radius 1 is 1.36 bits per heavy atom. The summed E-state index contributed by atoms with van der Waals surface area (Å²) >= 11 is 1.54. The van der Waals surface area contributed by atoms with Crippen molar-refractivity contribution in [1.82, 2.24) is 5.32 Å². The molecule has 1 aromatic rings. The van der Waals surface area contributed by atoms with Crippen LogP contribution in [0.4, 0.5) is 11.4 Å². The number of anilines is 2. The maximum Gasteiger partial charge on any atom is 0.247 e. The first-order valence-electron chi connectivity index (χ1n) is 6.59. The molecule has 0 saturated carbocycles. The lowest BCUT2D eigenvalue weighted by Crippen LogP contribution is -2.44. The summed E-state index contributed by atoms with van der Waals surface area (Å²) in [6.07, 6.45) is 1.46. The molecule has 1 aromatic carbocycles. The van der Waals surface area contributed by atoms with Gasteiger partial charge in [-0.15, -0.1) is 0 Å². The predicted octanol–water partition coefficient (Wildman–Crippen LogP) is 0.618. The molecule has 0 aromatic heterocycles. The Hall–Kier alpha value is -1.74. The number of benzene rings is 1. The molecule has 1 saturated heterocycles. The van der Waals surface area contributed by atoms with Crippen molar-refractivity contribution in [3.63, 3.8) is 0 Å². The summed E-state index contributed by atoms with van der Waals surface area (Å²) in [6, 6.07) is 5.79. The normalized spacial score (nSPS) is 19.0. The number of carbonyl (C=O) groups excluding carboxylic acids is 2. The standard InChI is InChI=1S/C13H17N3O4S2/c1-22(19,20)16-10-4-2-3-9(7-10)14-13(18)11-8-21-6-5-12(17)15-11/h2-4,7,11,16H,5-6,8H2,1H3,(H,14,18)(H,15,17). The van der Waals surface area contributed by atoms with E-state index in [-0.39, 0.29) is 11.8 Å². The molecule has 7 nitrogen and oxygen atoms in total. The van der Waals surface area contributed by atoms with Gasteiger partial charge in [0, 0.05) is 23.6 Å². The first-order chi connectivity index (χ1) is 10.3. The first-order valence-corrected chi connectivity index (χ1v) is 9.64. The van der Waals surface area contributed by atoms with Gasteiger partial charge in [0.1, 0.15) is 6.04 Å². The summed E-state index contributed by atoms with van der Waals surface area (Å²) in [5.41, 5.74) is 0.821. The molecule has 2 amide bonds. The molecule has 1 atom stereocenters. The minimum Gasteiger partial charge on any atom is -0.343 e. The lowest BCUT2D eigenvalue weighted by Gasteiger charge is -2.15. The number of hydrogen-bond acceptors (Lipinski definition) is 5. The van der Waals surface area contributed by atoms with Crippen LogP contribution in [-0.4, -0.2) is 44.0 Å². The Labute approximate surface area is 133 Å². The fourth-order valence-electron chi connectivity index (χ4n) is 1.92. The third-order valence-corrected chi connectivity index (χ3v) is 4.51. The maximum atomic E-state index is 12.2. The zero-order valence-electron chi connectivity index (χ0n) is 12.0. The number of amides is 2. The summed E-state index contributed by atoms with van der Waals surface area (Å²) in [7, 11) is -3.38. The number of hydrogen-bond donors (Lipinski definition) is 3. The monoisotopic (exact) mass is 343 g/mol. The van der Waals surface area contributed by atoms with Crippen LogP contribution in [0.2, 0.25) is 0 Å². The van der Waals surface area contributed by atoms with Gasteiger partial charge in [0.25, 0.3) is 0 Å². The van der Waals surface area contributed by atoms with E-state index < -0.39 is 16.1 Å². The van der Waals surface area contributed by atoms with Gasteiger partial charge in [0.2, 0.25) is 21.8 Å². The molecular formula is C13H17N3O4S2. The second-order valence-electron chi connectivity index (χ2n) is 4.89.